The van der Waals surface area contributed by atoms with Crippen molar-refractivity contribution in [3.63, 3.8) is 0 Å². The molecule has 1 unspecified atom stereocenters. The van der Waals surface area contributed by atoms with Crippen LogP contribution in [0.1, 0.15) is 0 Å². The van der Waals surface area contributed by atoms with Crippen molar-refractivity contribution in [1.29, 1.82) is 0 Å². The Morgan fingerprint density at radius 3 is 3.25 bits per heavy atom. The molecule has 2 rings (SSSR count). The van der Waals surface area contributed by atoms with E-state index >= 15 is 0 Å². The highest BCUT2D eigenvalue weighted by atomic mass is 35.5. The molecule has 0 amide bonds. The molecule has 6 heteroatoms. The van der Waals surface area contributed by atoms with Crippen molar-refractivity contribution in [3.8, 4) is 0 Å². The van der Waals surface area contributed by atoms with Crippen LogP contribution >= 0.6 is 11.6 Å². The van der Waals surface area contributed by atoms with Gasteiger partial charge in [0.05, 0.1) is 19.3 Å². The van der Waals surface area contributed by atoms with Crippen molar-refractivity contribution in [3.05, 3.63) is 27.9 Å². The number of morpholine rings is 1. The highest BCUT2D eigenvalue weighted by Gasteiger charge is 2.18. The molecule has 0 N–H and O–H groups in total. The van der Waals surface area contributed by atoms with Crippen molar-refractivity contribution < 1.29 is 4.74 Å². The van der Waals surface area contributed by atoms with E-state index in [1.165, 1.54) is 6.20 Å². The summed E-state index contributed by atoms with van der Waals surface area (Å²) < 4.78 is 7.12. The van der Waals surface area contributed by atoms with Gasteiger partial charge in [0.2, 0.25) is 0 Å². The molecule has 1 saturated heterocycles. The van der Waals surface area contributed by atoms with Crippen molar-refractivity contribution in [2.24, 2.45) is 0 Å². The van der Waals surface area contributed by atoms with E-state index in [0.717, 1.165) is 13.1 Å². The lowest BCUT2D eigenvalue weighted by molar-refractivity contribution is -0.0279. The van der Waals surface area contributed by atoms with E-state index in [4.69, 9.17) is 16.3 Å². The summed E-state index contributed by atoms with van der Waals surface area (Å²) in [6.45, 7) is 2.98. The third-order valence-electron chi connectivity index (χ3n) is 2.61. The van der Waals surface area contributed by atoms with Crippen LogP contribution in [0.5, 0.6) is 0 Å². The Hall–Kier alpha value is -0.910. The third-order valence-corrected chi connectivity index (χ3v) is 2.87. The molecule has 0 spiro atoms. The molecule has 1 fully saturated rings. The molecule has 1 aromatic rings. The molecule has 88 valence electrons. The summed E-state index contributed by atoms with van der Waals surface area (Å²) in [4.78, 5) is 17.5. The first-order chi connectivity index (χ1) is 7.66. The fourth-order valence-corrected chi connectivity index (χ4v) is 1.93. The second kappa shape index (κ2) is 4.95. The van der Waals surface area contributed by atoms with Crippen molar-refractivity contribution >= 4 is 11.6 Å². The Labute approximate surface area is 98.6 Å². The van der Waals surface area contributed by atoms with E-state index in [0.29, 0.717) is 13.2 Å². The predicted molar refractivity (Wildman–Crippen MR) is 60.7 cm³/mol. The van der Waals surface area contributed by atoms with Gasteiger partial charge in [0, 0.05) is 25.5 Å². The quantitative estimate of drug-likeness (QED) is 0.746. The Morgan fingerprint density at radius 1 is 1.69 bits per heavy atom. The largest absolute Gasteiger partial charge is 0.374 e. The smallest absolute Gasteiger partial charge is 0.288 e. The van der Waals surface area contributed by atoms with E-state index in [1.807, 2.05) is 7.05 Å². The van der Waals surface area contributed by atoms with E-state index in [1.54, 1.807) is 10.8 Å². The molecule has 2 heterocycles. The molecule has 1 atom stereocenters. The van der Waals surface area contributed by atoms with Crippen LogP contribution in [0.3, 0.4) is 0 Å². The Bertz CT molecular complexity index is 421. The molecule has 5 nitrogen and oxygen atoms in total. The lowest BCUT2D eigenvalue weighted by atomic mass is 10.3. The average molecular weight is 244 g/mol. The van der Waals surface area contributed by atoms with Crippen LogP contribution in [0.2, 0.25) is 5.15 Å². The van der Waals surface area contributed by atoms with E-state index in [-0.39, 0.29) is 16.8 Å². The van der Waals surface area contributed by atoms with Gasteiger partial charge in [-0.3, -0.25) is 4.79 Å². The van der Waals surface area contributed by atoms with Crippen molar-refractivity contribution in [2.45, 2.75) is 12.6 Å². The number of aromatic nitrogens is 2. The van der Waals surface area contributed by atoms with Crippen LogP contribution in [0, 0.1) is 0 Å². The van der Waals surface area contributed by atoms with Gasteiger partial charge in [-0.2, -0.15) is 0 Å². The summed E-state index contributed by atoms with van der Waals surface area (Å²) in [5.41, 5.74) is -0.263. The maximum absolute atomic E-state index is 11.6. The Balaban J connectivity index is 2.09. The molecule has 0 saturated carbocycles. The first kappa shape index (κ1) is 11.6. The van der Waals surface area contributed by atoms with Gasteiger partial charge in [-0.25, -0.2) is 4.98 Å². The van der Waals surface area contributed by atoms with E-state index in [9.17, 15) is 4.79 Å². The van der Waals surface area contributed by atoms with Crippen LogP contribution < -0.4 is 5.56 Å². The minimum atomic E-state index is -0.263. The van der Waals surface area contributed by atoms with E-state index in [2.05, 4.69) is 9.88 Å². The van der Waals surface area contributed by atoms with Crippen LogP contribution in [0.25, 0.3) is 0 Å². The predicted octanol–water partition coefficient (Wildman–Crippen LogP) is 0.227. The lowest BCUT2D eigenvalue weighted by Crippen LogP contribution is -2.43. The Kier molecular flexibility index (Phi) is 3.58. The Morgan fingerprint density at radius 2 is 2.50 bits per heavy atom. The van der Waals surface area contributed by atoms with Crippen LogP contribution in [-0.4, -0.2) is 47.3 Å². The van der Waals surface area contributed by atoms with Crippen LogP contribution in [0.15, 0.2) is 17.2 Å². The number of likely N-dealkylation sites (N-methyl/N-ethyl adjacent to an activating group) is 1. The number of hydrogen-bond acceptors (Lipinski definition) is 4. The zero-order chi connectivity index (χ0) is 11.5. The summed E-state index contributed by atoms with van der Waals surface area (Å²) in [7, 11) is 2.04. The maximum Gasteiger partial charge on any atom is 0.288 e. The van der Waals surface area contributed by atoms with Gasteiger partial charge in [0.15, 0.2) is 5.15 Å². The zero-order valence-corrected chi connectivity index (χ0v) is 9.85. The number of rotatable bonds is 2. The van der Waals surface area contributed by atoms with Crippen molar-refractivity contribution in [2.75, 3.05) is 26.7 Å². The molecule has 0 aliphatic carbocycles. The van der Waals surface area contributed by atoms with Gasteiger partial charge in [-0.1, -0.05) is 11.6 Å². The second-order valence-electron chi connectivity index (χ2n) is 3.93. The highest BCUT2D eigenvalue weighted by Crippen LogP contribution is 2.05. The summed E-state index contributed by atoms with van der Waals surface area (Å²) in [5, 5.41) is 0.00617. The van der Waals surface area contributed by atoms with Gasteiger partial charge in [0.25, 0.3) is 5.56 Å². The monoisotopic (exact) mass is 243 g/mol. The molecular formula is C10H14ClN3O2. The third kappa shape index (κ3) is 2.61. The standard InChI is InChI=1S/C10H14ClN3O2/c1-13-4-5-16-8(6-13)7-14-3-2-12-9(11)10(14)15/h2-3,8H,4-7H2,1H3. The molecule has 1 aliphatic heterocycles. The molecule has 16 heavy (non-hydrogen) atoms. The fraction of sp³-hybridized carbons (Fsp3) is 0.600. The topological polar surface area (TPSA) is 47.4 Å². The molecular weight excluding hydrogens is 230 g/mol. The van der Waals surface area contributed by atoms with Gasteiger partial charge in [-0.05, 0) is 7.05 Å². The van der Waals surface area contributed by atoms with Crippen LogP contribution in [0.4, 0.5) is 0 Å². The minimum absolute atomic E-state index is 0.00617. The SMILES string of the molecule is CN1CCOC(Cn2ccnc(Cl)c2=O)C1. The summed E-state index contributed by atoms with van der Waals surface area (Å²) >= 11 is 5.66. The summed E-state index contributed by atoms with van der Waals surface area (Å²) in [6, 6.07) is 0. The first-order valence-electron chi connectivity index (χ1n) is 5.18. The van der Waals surface area contributed by atoms with E-state index < -0.39 is 0 Å². The summed E-state index contributed by atoms with van der Waals surface area (Å²) in [6.07, 6.45) is 3.19. The fourth-order valence-electron chi connectivity index (χ4n) is 1.76. The van der Waals surface area contributed by atoms with Crippen LogP contribution in [-0.2, 0) is 11.3 Å². The highest BCUT2D eigenvalue weighted by molar-refractivity contribution is 6.29. The van der Waals surface area contributed by atoms with Gasteiger partial charge in [-0.15, -0.1) is 0 Å². The second-order valence-corrected chi connectivity index (χ2v) is 4.29. The zero-order valence-electron chi connectivity index (χ0n) is 9.10. The first-order valence-corrected chi connectivity index (χ1v) is 5.55. The number of nitrogens with zero attached hydrogens (tertiary/aromatic N) is 3. The number of halogens is 1. The normalized spacial score (nSPS) is 22.2. The van der Waals surface area contributed by atoms with Gasteiger partial charge < -0.3 is 14.2 Å². The molecule has 1 aliphatic rings. The summed E-state index contributed by atoms with van der Waals surface area (Å²) in [5.74, 6) is 0. The van der Waals surface area contributed by atoms with Gasteiger partial charge >= 0.3 is 0 Å². The lowest BCUT2D eigenvalue weighted by Gasteiger charge is -2.30. The van der Waals surface area contributed by atoms with Crippen molar-refractivity contribution in [1.82, 2.24) is 14.5 Å². The molecule has 1 aromatic heterocycles. The van der Waals surface area contributed by atoms with Gasteiger partial charge in [0.1, 0.15) is 0 Å². The number of hydrogen-bond donors (Lipinski definition) is 0. The molecule has 0 bridgehead atoms. The number of ether oxygens (including phenoxy) is 1. The average Bonchev–Trinajstić information content (AvgIpc) is 2.25. The maximum atomic E-state index is 11.6. The molecule has 0 radical (unpaired) electrons. The minimum Gasteiger partial charge on any atom is -0.374 e. The molecule has 0 aromatic carbocycles.